The Labute approximate surface area is 493 Å². The minimum absolute atomic E-state index is 0.101. The average Bonchev–Trinajstić information content (AvgIpc) is 3.14. The van der Waals surface area contributed by atoms with Crippen LogP contribution in [-0.2, 0) is 16.2 Å². The highest BCUT2D eigenvalue weighted by Gasteiger charge is 2.21. The first-order valence-corrected chi connectivity index (χ1v) is 29.4. The molecule has 12 heteroatoms. The van der Waals surface area contributed by atoms with Crippen molar-refractivity contribution < 1.29 is 0 Å². The van der Waals surface area contributed by atoms with Crippen molar-refractivity contribution in [3.8, 4) is 35.5 Å². The van der Waals surface area contributed by atoms with Crippen molar-refractivity contribution in [1.82, 2.24) is 0 Å². The number of benzene rings is 4. The first-order valence-electron chi connectivity index (χ1n) is 19.9. The molecule has 0 saturated carbocycles. The lowest BCUT2D eigenvalue weighted by Crippen LogP contribution is -2.12. The topological polar surface area (TPSA) is 0 Å². The molecule has 0 N–H and O–H groups in total. The minimum Gasteiger partial charge on any atom is -0.0615 e. The molecule has 0 unspecified atom stereocenters. The molecule has 66 heavy (non-hydrogen) atoms. The van der Waals surface area contributed by atoms with Gasteiger partial charge in [0.25, 0.3) is 0 Å². The van der Waals surface area contributed by atoms with Gasteiger partial charge in [-0.15, -0.1) is 0 Å². The van der Waals surface area contributed by atoms with Crippen LogP contribution in [0.3, 0.4) is 0 Å². The molecule has 0 aliphatic rings. The van der Waals surface area contributed by atoms with Gasteiger partial charge in [-0.25, -0.2) is 0 Å². The number of hydrogen-bond acceptors (Lipinski definition) is 0. The van der Waals surface area contributed by atoms with Gasteiger partial charge < -0.3 is 0 Å². The molecule has 4 rings (SSSR count). The first kappa shape index (κ1) is 58.3. The van der Waals surface area contributed by atoms with Crippen molar-refractivity contribution in [3.05, 3.63) is 158 Å². The molecule has 4 aromatic rings. The molecule has 4 aromatic carbocycles. The number of halogens is 12. The van der Waals surface area contributed by atoms with Crippen molar-refractivity contribution in [3.63, 3.8) is 0 Å². The Morgan fingerprint density at radius 1 is 0.288 bits per heavy atom. The summed E-state index contributed by atoms with van der Waals surface area (Å²) in [5.74, 6) is 21.3. The molecule has 342 valence electrons. The molecule has 0 heterocycles. The molecular formula is C54H42Br12. The van der Waals surface area contributed by atoms with Gasteiger partial charge in [0, 0.05) is 33.4 Å². The van der Waals surface area contributed by atoms with E-state index in [9.17, 15) is 0 Å². The van der Waals surface area contributed by atoms with E-state index in [1.54, 1.807) is 0 Å². The predicted molar refractivity (Wildman–Crippen MR) is 335 cm³/mol. The summed E-state index contributed by atoms with van der Waals surface area (Å²) in [7, 11) is 0. The van der Waals surface area contributed by atoms with E-state index >= 15 is 0 Å². The lowest BCUT2D eigenvalue weighted by molar-refractivity contribution is 0.589. The van der Waals surface area contributed by atoms with E-state index in [-0.39, 0.29) is 16.2 Å². The smallest absolute Gasteiger partial charge is 0.0610 e. The van der Waals surface area contributed by atoms with Gasteiger partial charge >= 0.3 is 0 Å². The van der Waals surface area contributed by atoms with E-state index in [1.807, 2.05) is 54.7 Å². The summed E-state index contributed by atoms with van der Waals surface area (Å²) < 4.78 is 4.85. The molecule has 0 amide bonds. The maximum atomic E-state index is 3.61. The molecule has 0 fully saturated rings. The Morgan fingerprint density at radius 3 is 0.591 bits per heavy atom. The van der Waals surface area contributed by atoms with Gasteiger partial charge in [-0.05, 0) is 349 Å². The first-order chi connectivity index (χ1) is 30.5. The van der Waals surface area contributed by atoms with Crippen LogP contribution in [0.2, 0.25) is 0 Å². The Bertz CT molecular complexity index is 2470. The maximum Gasteiger partial charge on any atom is 0.0610 e. The molecule has 0 radical (unpaired) electrons. The third kappa shape index (κ3) is 18.4. The molecule has 0 nitrogen and oxygen atoms in total. The van der Waals surface area contributed by atoms with E-state index in [1.165, 1.54) is 16.7 Å². The lowest BCUT2D eigenvalue weighted by Gasteiger charge is -2.21. The summed E-state index contributed by atoms with van der Waals surface area (Å²) in [4.78, 5) is 0. The molecule has 0 aromatic heterocycles. The standard InChI is InChI=1S/C54H42Br12/c1-52(2,3)40-19-34(25-46(55)56)43(35(20-40)26-47(57)58)13-10-31-16-32(11-14-44-36(27-48(59)60)21-41(53(4,5)6)22-37(44)28-49(61)62)18-33(17-31)12-15-45-38(29-50(63)64)23-42(54(7,8)9)24-39(45)30-51(65)66/h16-30H,1-9H3. The Morgan fingerprint density at radius 2 is 0.455 bits per heavy atom. The number of rotatable bonds is 6. The summed E-state index contributed by atoms with van der Waals surface area (Å²) >= 11 is 43.4. The third-order valence-corrected chi connectivity index (χ3v) is 12.5. The largest absolute Gasteiger partial charge is 0.0615 e. The summed E-state index contributed by atoms with van der Waals surface area (Å²) in [6.45, 7) is 19.9. The molecule has 0 spiro atoms. The quantitative estimate of drug-likeness (QED) is 0.169. The maximum absolute atomic E-state index is 3.61. The summed E-state index contributed by atoms with van der Waals surface area (Å²) in [6, 6.07) is 19.3. The SMILES string of the molecule is CC(C)(C)c1cc(C=C(Br)Br)c(C#Cc2cc(C#Cc3c(C=C(Br)Br)cc(C(C)(C)C)cc3C=C(Br)Br)cc(C#Cc3c(C=C(Br)Br)cc(C(C)(C)C)cc3C=C(Br)Br)c2)c(C=C(Br)Br)c1. The van der Waals surface area contributed by atoms with Gasteiger partial charge in [0.15, 0.2) is 0 Å². The second kappa shape index (κ2) is 25.4. The zero-order valence-electron chi connectivity index (χ0n) is 37.2. The zero-order chi connectivity index (χ0) is 49.5. The third-order valence-electron chi connectivity index (χ3n) is 9.71. The Kier molecular flexibility index (Phi) is 22.5. The average molecular weight is 1650 g/mol. The van der Waals surface area contributed by atoms with Crippen LogP contribution in [0, 0.1) is 35.5 Å². The number of hydrogen-bond donors (Lipinski definition) is 0. The normalized spacial score (nSPS) is 11.0. The minimum atomic E-state index is -0.101. The second-order valence-electron chi connectivity index (χ2n) is 18.0. The highest BCUT2D eigenvalue weighted by atomic mass is 79.9. The van der Waals surface area contributed by atoms with Crippen molar-refractivity contribution in [2.75, 3.05) is 0 Å². The van der Waals surface area contributed by atoms with Gasteiger partial charge in [-0.1, -0.05) is 97.8 Å². The fraction of sp³-hybridized carbons (Fsp3) is 0.222. The molecule has 0 atom stereocenters. The van der Waals surface area contributed by atoms with Crippen molar-refractivity contribution in [1.29, 1.82) is 0 Å². The Balaban J connectivity index is 2.17. The lowest BCUT2D eigenvalue weighted by atomic mass is 9.83. The van der Waals surface area contributed by atoms with Crippen LogP contribution in [0.25, 0.3) is 36.5 Å². The van der Waals surface area contributed by atoms with Gasteiger partial charge in [-0.2, -0.15) is 0 Å². The van der Waals surface area contributed by atoms with E-state index in [4.69, 9.17) is 0 Å². The van der Waals surface area contributed by atoms with Crippen LogP contribution < -0.4 is 0 Å². The van der Waals surface area contributed by atoms with Crippen LogP contribution >= 0.6 is 191 Å². The molecule has 0 bridgehead atoms. The highest BCUT2D eigenvalue weighted by molar-refractivity contribution is 9.30. The molecular weight excluding hydrogens is 1610 g/mol. The molecule has 0 aliphatic carbocycles. The van der Waals surface area contributed by atoms with Crippen LogP contribution in [0.4, 0.5) is 0 Å². The van der Waals surface area contributed by atoms with Gasteiger partial charge in [0.2, 0.25) is 0 Å². The zero-order valence-corrected chi connectivity index (χ0v) is 56.2. The van der Waals surface area contributed by atoms with Crippen molar-refractivity contribution >= 4 is 228 Å². The monoisotopic (exact) mass is 1640 g/mol. The fourth-order valence-corrected chi connectivity index (χ4v) is 9.39. The van der Waals surface area contributed by atoms with Crippen LogP contribution in [-0.4, -0.2) is 0 Å². The predicted octanol–water partition coefficient (Wildman–Crippen LogP) is 22.3. The summed E-state index contributed by atoms with van der Waals surface area (Å²) in [6.07, 6.45) is 12.2. The highest BCUT2D eigenvalue weighted by Crippen LogP contribution is 2.36. The van der Waals surface area contributed by atoms with E-state index < -0.39 is 0 Å². The Hall–Kier alpha value is -0.240. The van der Waals surface area contributed by atoms with Crippen molar-refractivity contribution in [2.45, 2.75) is 78.6 Å². The summed E-state index contributed by atoms with van der Waals surface area (Å²) in [5, 5.41) is 0. The second-order valence-corrected chi connectivity index (χ2v) is 34.6. The van der Waals surface area contributed by atoms with Gasteiger partial charge in [0.1, 0.15) is 0 Å². The van der Waals surface area contributed by atoms with Crippen molar-refractivity contribution in [2.24, 2.45) is 0 Å². The van der Waals surface area contributed by atoms with E-state index in [0.717, 1.165) is 87.1 Å². The molecule has 0 aliphatic heterocycles. The molecule has 0 saturated heterocycles. The van der Waals surface area contributed by atoms with Crippen LogP contribution in [0.1, 0.15) is 146 Å². The van der Waals surface area contributed by atoms with E-state index in [2.05, 4.69) is 325 Å². The van der Waals surface area contributed by atoms with E-state index in [0.29, 0.717) is 0 Å². The van der Waals surface area contributed by atoms with Gasteiger partial charge in [-0.3, -0.25) is 0 Å². The fourth-order valence-electron chi connectivity index (χ4n) is 6.43. The van der Waals surface area contributed by atoms with Crippen LogP contribution in [0.5, 0.6) is 0 Å². The van der Waals surface area contributed by atoms with Crippen LogP contribution in [0.15, 0.2) is 74.9 Å². The summed E-state index contributed by atoms with van der Waals surface area (Å²) in [5.41, 5.74) is 13.9. The van der Waals surface area contributed by atoms with Gasteiger partial charge in [0.05, 0.1) is 20.3 Å².